The highest BCUT2D eigenvalue weighted by Crippen LogP contribution is 2.20. The molecule has 1 aromatic carbocycles. The highest BCUT2D eigenvalue weighted by Gasteiger charge is 2.02. The van der Waals surface area contributed by atoms with Gasteiger partial charge in [-0.05, 0) is 30.7 Å². The maximum absolute atomic E-state index is 6.09. The van der Waals surface area contributed by atoms with Crippen molar-refractivity contribution < 1.29 is 0 Å². The summed E-state index contributed by atoms with van der Waals surface area (Å²) in [7, 11) is 1.88. The quantitative estimate of drug-likeness (QED) is 0.858. The fourth-order valence-corrected chi connectivity index (χ4v) is 2.13. The van der Waals surface area contributed by atoms with Gasteiger partial charge in [0.2, 0.25) is 0 Å². The van der Waals surface area contributed by atoms with E-state index in [1.807, 2.05) is 19.2 Å². The predicted molar refractivity (Wildman–Crippen MR) is 72.9 cm³/mol. The van der Waals surface area contributed by atoms with Crippen molar-refractivity contribution in [2.45, 2.75) is 13.0 Å². The molecule has 6 heteroatoms. The lowest BCUT2D eigenvalue weighted by Crippen LogP contribution is -2.19. The number of rotatable bonds is 5. The number of nitrogens with zero attached hydrogens (tertiary/aromatic N) is 3. The van der Waals surface area contributed by atoms with Crippen molar-refractivity contribution in [1.29, 1.82) is 0 Å². The van der Waals surface area contributed by atoms with Crippen LogP contribution in [0.1, 0.15) is 11.4 Å². The van der Waals surface area contributed by atoms with E-state index in [1.165, 1.54) is 0 Å². The molecule has 0 radical (unpaired) electrons. The number of benzene rings is 1. The molecule has 0 aliphatic rings. The van der Waals surface area contributed by atoms with Crippen LogP contribution in [0.2, 0.25) is 10.0 Å². The van der Waals surface area contributed by atoms with Gasteiger partial charge in [-0.25, -0.2) is 4.98 Å². The van der Waals surface area contributed by atoms with Crippen molar-refractivity contribution in [1.82, 2.24) is 20.1 Å². The van der Waals surface area contributed by atoms with Crippen LogP contribution >= 0.6 is 23.2 Å². The van der Waals surface area contributed by atoms with Gasteiger partial charge in [0.05, 0.1) is 6.54 Å². The summed E-state index contributed by atoms with van der Waals surface area (Å²) in [6.07, 6.45) is 2.40. The second kappa shape index (κ2) is 6.18. The highest BCUT2D eigenvalue weighted by atomic mass is 35.5. The van der Waals surface area contributed by atoms with Crippen LogP contribution in [0, 0.1) is 0 Å². The van der Waals surface area contributed by atoms with Crippen LogP contribution < -0.4 is 5.32 Å². The van der Waals surface area contributed by atoms with Gasteiger partial charge in [0.25, 0.3) is 0 Å². The molecule has 0 aliphatic carbocycles. The van der Waals surface area contributed by atoms with Gasteiger partial charge >= 0.3 is 0 Å². The monoisotopic (exact) mass is 284 g/mol. The lowest BCUT2D eigenvalue weighted by molar-refractivity contribution is 0.614. The van der Waals surface area contributed by atoms with E-state index in [0.717, 1.165) is 24.4 Å². The summed E-state index contributed by atoms with van der Waals surface area (Å²) in [5.74, 6) is 0.914. The van der Waals surface area contributed by atoms with Crippen LogP contribution in [0.25, 0.3) is 0 Å². The number of aryl methyl sites for hydroxylation is 1. The molecule has 0 saturated carbocycles. The number of aromatic nitrogens is 3. The maximum atomic E-state index is 6.09. The first-order valence-corrected chi connectivity index (χ1v) is 6.40. The van der Waals surface area contributed by atoms with Crippen LogP contribution in [0.4, 0.5) is 0 Å². The Bertz CT molecular complexity index is 525. The molecule has 0 unspecified atom stereocenters. The molecule has 2 aromatic rings. The van der Waals surface area contributed by atoms with E-state index in [9.17, 15) is 0 Å². The Hall–Kier alpha value is -1.10. The Balaban J connectivity index is 1.80. The van der Waals surface area contributed by atoms with Crippen molar-refractivity contribution in [2.75, 3.05) is 6.54 Å². The number of halogens is 2. The Morgan fingerprint density at radius 3 is 2.83 bits per heavy atom. The average Bonchev–Trinajstić information content (AvgIpc) is 2.73. The second-order valence-electron chi connectivity index (χ2n) is 3.96. The van der Waals surface area contributed by atoms with Gasteiger partial charge in [0.1, 0.15) is 12.2 Å². The molecule has 18 heavy (non-hydrogen) atoms. The van der Waals surface area contributed by atoms with Gasteiger partial charge in [0, 0.05) is 17.1 Å². The van der Waals surface area contributed by atoms with Crippen molar-refractivity contribution in [3.8, 4) is 0 Å². The topological polar surface area (TPSA) is 42.7 Å². The standard InChI is InChI=1S/C12H14Cl2N4/c1-18-12(16-8-17-18)7-15-5-4-9-2-3-10(13)6-11(9)14/h2-3,6,8,15H,4-5,7H2,1H3. The SMILES string of the molecule is Cn1ncnc1CNCCc1ccc(Cl)cc1Cl. The van der Waals surface area contributed by atoms with Gasteiger partial charge in [-0.3, -0.25) is 4.68 Å². The first kappa shape index (κ1) is 13.3. The van der Waals surface area contributed by atoms with E-state index in [2.05, 4.69) is 15.4 Å². The molecule has 4 nitrogen and oxygen atoms in total. The van der Waals surface area contributed by atoms with Gasteiger partial charge in [-0.15, -0.1) is 0 Å². The first-order chi connectivity index (χ1) is 8.66. The van der Waals surface area contributed by atoms with E-state index < -0.39 is 0 Å². The maximum Gasteiger partial charge on any atom is 0.140 e. The van der Waals surface area contributed by atoms with E-state index in [1.54, 1.807) is 17.1 Å². The number of hydrogen-bond acceptors (Lipinski definition) is 3. The summed E-state index contributed by atoms with van der Waals surface area (Å²) in [6, 6.07) is 5.57. The molecule has 0 spiro atoms. The Morgan fingerprint density at radius 2 is 2.17 bits per heavy atom. The van der Waals surface area contributed by atoms with E-state index >= 15 is 0 Å². The van der Waals surface area contributed by atoms with Crippen LogP contribution in [0.3, 0.4) is 0 Å². The second-order valence-corrected chi connectivity index (χ2v) is 4.81. The minimum Gasteiger partial charge on any atom is -0.310 e. The van der Waals surface area contributed by atoms with Gasteiger partial charge < -0.3 is 5.32 Å². The smallest absolute Gasteiger partial charge is 0.140 e. The van der Waals surface area contributed by atoms with Gasteiger partial charge in [-0.1, -0.05) is 29.3 Å². The molecular weight excluding hydrogens is 271 g/mol. The molecule has 0 amide bonds. The zero-order valence-corrected chi connectivity index (χ0v) is 11.5. The van der Waals surface area contributed by atoms with Crippen molar-refractivity contribution >= 4 is 23.2 Å². The highest BCUT2D eigenvalue weighted by molar-refractivity contribution is 6.35. The molecule has 0 bridgehead atoms. The van der Waals surface area contributed by atoms with E-state index in [4.69, 9.17) is 23.2 Å². The number of hydrogen-bond donors (Lipinski definition) is 1. The molecule has 2 rings (SSSR count). The van der Waals surface area contributed by atoms with Crippen LogP contribution in [-0.4, -0.2) is 21.3 Å². The summed E-state index contributed by atoms with van der Waals surface area (Å²) in [4.78, 5) is 4.14. The molecule has 0 saturated heterocycles. The summed E-state index contributed by atoms with van der Waals surface area (Å²) >= 11 is 11.9. The van der Waals surface area contributed by atoms with Crippen molar-refractivity contribution in [3.63, 3.8) is 0 Å². The minimum atomic E-state index is 0.663. The van der Waals surface area contributed by atoms with Gasteiger partial charge in [-0.2, -0.15) is 5.10 Å². The Morgan fingerprint density at radius 1 is 1.33 bits per heavy atom. The fraction of sp³-hybridized carbons (Fsp3) is 0.333. The van der Waals surface area contributed by atoms with Crippen LogP contribution in [0.5, 0.6) is 0 Å². The lowest BCUT2D eigenvalue weighted by atomic mass is 10.1. The average molecular weight is 285 g/mol. The van der Waals surface area contributed by atoms with Gasteiger partial charge in [0.15, 0.2) is 0 Å². The minimum absolute atomic E-state index is 0.663. The van der Waals surface area contributed by atoms with Crippen LogP contribution in [-0.2, 0) is 20.0 Å². The fourth-order valence-electron chi connectivity index (χ4n) is 1.63. The summed E-state index contributed by atoms with van der Waals surface area (Å²) < 4.78 is 1.75. The lowest BCUT2D eigenvalue weighted by Gasteiger charge is -2.06. The molecule has 1 N–H and O–H groups in total. The van der Waals surface area contributed by atoms with Crippen molar-refractivity contribution in [3.05, 3.63) is 46.0 Å². The zero-order valence-electron chi connectivity index (χ0n) is 10.0. The molecule has 1 heterocycles. The Kier molecular flexibility index (Phi) is 4.58. The molecule has 0 fully saturated rings. The molecular formula is C12H14Cl2N4. The summed E-state index contributed by atoms with van der Waals surface area (Å²) in [5, 5.41) is 8.68. The van der Waals surface area contributed by atoms with E-state index in [-0.39, 0.29) is 0 Å². The molecule has 1 aromatic heterocycles. The number of nitrogens with one attached hydrogen (secondary N) is 1. The third kappa shape index (κ3) is 3.45. The third-order valence-corrected chi connectivity index (χ3v) is 3.26. The molecule has 0 aliphatic heterocycles. The van der Waals surface area contributed by atoms with Crippen LogP contribution in [0.15, 0.2) is 24.5 Å². The van der Waals surface area contributed by atoms with Crippen molar-refractivity contribution in [2.24, 2.45) is 7.05 Å². The van der Waals surface area contributed by atoms with E-state index in [0.29, 0.717) is 16.6 Å². The normalized spacial score (nSPS) is 10.8. The zero-order chi connectivity index (χ0) is 13.0. The summed E-state index contributed by atoms with van der Waals surface area (Å²) in [6.45, 7) is 1.52. The molecule has 96 valence electrons. The molecule has 0 atom stereocenters. The largest absolute Gasteiger partial charge is 0.310 e. The Labute approximate surface area is 116 Å². The third-order valence-electron chi connectivity index (χ3n) is 2.67. The predicted octanol–water partition coefficient (Wildman–Crippen LogP) is 2.45. The first-order valence-electron chi connectivity index (χ1n) is 5.64. The summed E-state index contributed by atoms with van der Waals surface area (Å²) in [5.41, 5.74) is 1.09.